The fourth-order valence-electron chi connectivity index (χ4n) is 1.41. The number of hydrogen-bond donors (Lipinski definition) is 1. The molecular formula is C12H13F2NO3. The van der Waals surface area contributed by atoms with E-state index in [9.17, 15) is 18.4 Å². The lowest BCUT2D eigenvalue weighted by Gasteiger charge is -2.16. The summed E-state index contributed by atoms with van der Waals surface area (Å²) in [6, 6.07) is 3.09. The number of amides is 1. The summed E-state index contributed by atoms with van der Waals surface area (Å²) in [5.41, 5.74) is 0.157. The van der Waals surface area contributed by atoms with Gasteiger partial charge in [-0.15, -0.1) is 0 Å². The molecule has 1 rings (SSSR count). The van der Waals surface area contributed by atoms with Gasteiger partial charge in [-0.3, -0.25) is 9.59 Å². The molecular weight excluding hydrogens is 244 g/mol. The van der Waals surface area contributed by atoms with E-state index in [1.165, 1.54) is 11.9 Å². The number of rotatable bonds is 5. The summed E-state index contributed by atoms with van der Waals surface area (Å²) < 4.78 is 26.1. The Labute approximate surface area is 103 Å². The van der Waals surface area contributed by atoms with Crippen molar-refractivity contribution in [1.29, 1.82) is 0 Å². The fraction of sp³-hybridized carbons (Fsp3) is 0.333. The maximum atomic E-state index is 13.3. The number of hydrogen-bond acceptors (Lipinski definition) is 2. The van der Waals surface area contributed by atoms with Crippen LogP contribution >= 0.6 is 0 Å². The quantitative estimate of drug-likeness (QED) is 0.812. The van der Waals surface area contributed by atoms with Gasteiger partial charge in [0.05, 0.1) is 0 Å². The third-order valence-electron chi connectivity index (χ3n) is 2.45. The number of benzene rings is 1. The van der Waals surface area contributed by atoms with E-state index in [1.54, 1.807) is 0 Å². The lowest BCUT2D eigenvalue weighted by Crippen LogP contribution is -2.30. The molecule has 1 aromatic rings. The second kappa shape index (κ2) is 6.09. The highest BCUT2D eigenvalue weighted by molar-refractivity contribution is 5.93. The van der Waals surface area contributed by atoms with Crippen LogP contribution in [0.25, 0.3) is 0 Å². The zero-order valence-electron chi connectivity index (χ0n) is 9.82. The minimum absolute atomic E-state index is 0.130. The second-order valence-electron chi connectivity index (χ2n) is 3.87. The summed E-state index contributed by atoms with van der Waals surface area (Å²) in [5, 5.41) is 8.44. The molecule has 98 valence electrons. The SMILES string of the molecule is CN(CCc1cc(F)ccc1F)C(=O)CC(=O)O. The Kier molecular flexibility index (Phi) is 4.76. The first-order valence-corrected chi connectivity index (χ1v) is 5.30. The molecule has 1 amide bonds. The van der Waals surface area contributed by atoms with Crippen LogP contribution in [0, 0.1) is 11.6 Å². The molecule has 0 heterocycles. The molecule has 0 saturated carbocycles. The summed E-state index contributed by atoms with van der Waals surface area (Å²) in [6.07, 6.45) is -0.479. The van der Waals surface area contributed by atoms with Crippen molar-refractivity contribution in [2.75, 3.05) is 13.6 Å². The molecule has 0 aliphatic rings. The van der Waals surface area contributed by atoms with E-state index < -0.39 is 29.9 Å². The molecule has 0 aromatic heterocycles. The van der Waals surface area contributed by atoms with Crippen LogP contribution in [-0.4, -0.2) is 35.5 Å². The zero-order valence-corrected chi connectivity index (χ0v) is 9.82. The molecule has 0 bridgehead atoms. The van der Waals surface area contributed by atoms with Crippen molar-refractivity contribution < 1.29 is 23.5 Å². The van der Waals surface area contributed by atoms with Gasteiger partial charge in [0.25, 0.3) is 0 Å². The topological polar surface area (TPSA) is 57.6 Å². The summed E-state index contributed by atoms with van der Waals surface area (Å²) in [7, 11) is 1.42. The highest BCUT2D eigenvalue weighted by atomic mass is 19.1. The van der Waals surface area contributed by atoms with E-state index >= 15 is 0 Å². The number of carbonyl (C=O) groups is 2. The van der Waals surface area contributed by atoms with E-state index in [1.807, 2.05) is 0 Å². The summed E-state index contributed by atoms with van der Waals surface area (Å²) in [5.74, 6) is -2.88. The van der Waals surface area contributed by atoms with Crippen molar-refractivity contribution in [3.63, 3.8) is 0 Å². The number of carbonyl (C=O) groups excluding carboxylic acids is 1. The molecule has 0 unspecified atom stereocenters. The molecule has 0 aliphatic heterocycles. The molecule has 0 aliphatic carbocycles. The fourth-order valence-corrected chi connectivity index (χ4v) is 1.41. The summed E-state index contributed by atoms with van der Waals surface area (Å²) in [6.45, 7) is 0.131. The molecule has 0 radical (unpaired) electrons. The van der Waals surface area contributed by atoms with Crippen LogP contribution in [-0.2, 0) is 16.0 Å². The molecule has 1 N–H and O–H groups in total. The van der Waals surface area contributed by atoms with E-state index in [-0.39, 0.29) is 18.5 Å². The summed E-state index contributed by atoms with van der Waals surface area (Å²) in [4.78, 5) is 22.8. The first-order chi connectivity index (χ1) is 8.40. The van der Waals surface area contributed by atoms with Crippen molar-refractivity contribution in [2.24, 2.45) is 0 Å². The Morgan fingerprint density at radius 3 is 2.61 bits per heavy atom. The average molecular weight is 257 g/mol. The largest absolute Gasteiger partial charge is 0.481 e. The van der Waals surface area contributed by atoms with Gasteiger partial charge in [-0.25, -0.2) is 8.78 Å². The number of carboxylic acids is 1. The van der Waals surface area contributed by atoms with Gasteiger partial charge in [0.1, 0.15) is 18.1 Å². The summed E-state index contributed by atoms with van der Waals surface area (Å²) >= 11 is 0. The lowest BCUT2D eigenvalue weighted by atomic mass is 10.1. The first kappa shape index (κ1) is 14.1. The van der Waals surface area contributed by atoms with Crippen LogP contribution in [0.4, 0.5) is 8.78 Å². The minimum atomic E-state index is -1.22. The number of nitrogens with zero attached hydrogens (tertiary/aromatic N) is 1. The Hall–Kier alpha value is -1.98. The van der Waals surface area contributed by atoms with Gasteiger partial charge in [0.2, 0.25) is 5.91 Å². The van der Waals surface area contributed by atoms with Crippen molar-refractivity contribution in [1.82, 2.24) is 4.90 Å². The number of carboxylic acid groups (broad SMARTS) is 1. The highest BCUT2D eigenvalue weighted by Crippen LogP contribution is 2.10. The lowest BCUT2D eigenvalue weighted by molar-refractivity contribution is -0.143. The number of halogens is 2. The third kappa shape index (κ3) is 4.12. The standard InChI is InChI=1S/C12H13F2NO3/c1-15(11(16)7-12(17)18)5-4-8-6-9(13)2-3-10(8)14/h2-3,6H,4-5,7H2,1H3,(H,17,18). The van der Waals surface area contributed by atoms with Gasteiger partial charge >= 0.3 is 5.97 Å². The Morgan fingerprint density at radius 2 is 2.00 bits per heavy atom. The van der Waals surface area contributed by atoms with Crippen molar-refractivity contribution in [3.8, 4) is 0 Å². The molecule has 4 nitrogen and oxygen atoms in total. The van der Waals surface area contributed by atoms with Gasteiger partial charge in [0, 0.05) is 13.6 Å². The van der Waals surface area contributed by atoms with E-state index in [0.29, 0.717) is 0 Å². The molecule has 0 atom stereocenters. The Morgan fingerprint density at radius 1 is 1.33 bits per heavy atom. The van der Waals surface area contributed by atoms with Crippen LogP contribution < -0.4 is 0 Å². The van der Waals surface area contributed by atoms with Crippen LogP contribution in [0.2, 0.25) is 0 Å². The van der Waals surface area contributed by atoms with Gasteiger partial charge in [0.15, 0.2) is 0 Å². The predicted molar refractivity (Wildman–Crippen MR) is 60.0 cm³/mol. The number of aliphatic carboxylic acids is 1. The molecule has 6 heteroatoms. The predicted octanol–water partition coefficient (Wildman–Crippen LogP) is 1.44. The molecule has 0 fully saturated rings. The molecule has 1 aromatic carbocycles. The van der Waals surface area contributed by atoms with Crippen LogP contribution in [0.5, 0.6) is 0 Å². The molecule has 0 saturated heterocycles. The van der Waals surface area contributed by atoms with Crippen LogP contribution in [0.1, 0.15) is 12.0 Å². The van der Waals surface area contributed by atoms with E-state index in [0.717, 1.165) is 18.2 Å². The van der Waals surface area contributed by atoms with Gasteiger partial charge in [-0.1, -0.05) is 0 Å². The van der Waals surface area contributed by atoms with Crippen LogP contribution in [0.3, 0.4) is 0 Å². The van der Waals surface area contributed by atoms with Crippen molar-refractivity contribution in [2.45, 2.75) is 12.8 Å². The van der Waals surface area contributed by atoms with E-state index in [2.05, 4.69) is 0 Å². The second-order valence-corrected chi connectivity index (χ2v) is 3.87. The maximum absolute atomic E-state index is 13.3. The maximum Gasteiger partial charge on any atom is 0.312 e. The smallest absolute Gasteiger partial charge is 0.312 e. The third-order valence-corrected chi connectivity index (χ3v) is 2.45. The minimum Gasteiger partial charge on any atom is -0.481 e. The Balaban J connectivity index is 2.57. The van der Waals surface area contributed by atoms with Gasteiger partial charge < -0.3 is 10.0 Å². The van der Waals surface area contributed by atoms with Gasteiger partial charge in [-0.05, 0) is 30.2 Å². The molecule has 18 heavy (non-hydrogen) atoms. The molecule has 0 spiro atoms. The average Bonchev–Trinajstić information content (AvgIpc) is 2.29. The first-order valence-electron chi connectivity index (χ1n) is 5.30. The zero-order chi connectivity index (χ0) is 13.7. The van der Waals surface area contributed by atoms with Crippen LogP contribution in [0.15, 0.2) is 18.2 Å². The Bertz CT molecular complexity index is 463. The highest BCUT2D eigenvalue weighted by Gasteiger charge is 2.13. The number of likely N-dealkylation sites (N-methyl/N-ethyl adjacent to an activating group) is 1. The monoisotopic (exact) mass is 257 g/mol. The van der Waals surface area contributed by atoms with E-state index in [4.69, 9.17) is 5.11 Å². The van der Waals surface area contributed by atoms with Crippen molar-refractivity contribution >= 4 is 11.9 Å². The van der Waals surface area contributed by atoms with Gasteiger partial charge in [-0.2, -0.15) is 0 Å². The normalized spacial score (nSPS) is 10.2. The van der Waals surface area contributed by atoms with Crippen molar-refractivity contribution in [3.05, 3.63) is 35.4 Å².